The fourth-order valence-electron chi connectivity index (χ4n) is 2.29. The van der Waals surface area contributed by atoms with Gasteiger partial charge in [-0.1, -0.05) is 17.3 Å². The van der Waals surface area contributed by atoms with E-state index in [9.17, 15) is 8.78 Å². The molecule has 0 aliphatic carbocycles. The van der Waals surface area contributed by atoms with Crippen molar-refractivity contribution in [1.82, 2.24) is 20.4 Å². The third kappa shape index (κ3) is 8.06. The van der Waals surface area contributed by atoms with Gasteiger partial charge in [-0.2, -0.15) is 13.8 Å². The van der Waals surface area contributed by atoms with E-state index in [0.717, 1.165) is 18.1 Å². The average molecular weight is 495 g/mol. The van der Waals surface area contributed by atoms with Gasteiger partial charge in [0.2, 0.25) is 5.89 Å². The Morgan fingerprint density at radius 2 is 2.04 bits per heavy atom. The Morgan fingerprint density at radius 1 is 1.33 bits per heavy atom. The zero-order valence-corrected chi connectivity index (χ0v) is 17.8. The molecule has 27 heavy (non-hydrogen) atoms. The third-order valence-corrected chi connectivity index (χ3v) is 3.42. The van der Waals surface area contributed by atoms with Crippen LogP contribution < -0.4 is 10.1 Å². The monoisotopic (exact) mass is 495 g/mol. The number of aryl methyl sites for hydroxylation is 1. The van der Waals surface area contributed by atoms with Gasteiger partial charge in [0.25, 0.3) is 0 Å². The number of rotatable bonds is 8. The predicted octanol–water partition coefficient (Wildman–Crippen LogP) is 3.24. The molecule has 150 valence electrons. The highest BCUT2D eigenvalue weighted by molar-refractivity contribution is 14.0. The smallest absolute Gasteiger partial charge is 0.387 e. The van der Waals surface area contributed by atoms with E-state index in [1.807, 2.05) is 18.9 Å². The highest BCUT2D eigenvalue weighted by Gasteiger charge is 2.09. The van der Waals surface area contributed by atoms with Crippen molar-refractivity contribution >= 4 is 29.9 Å². The van der Waals surface area contributed by atoms with Crippen molar-refractivity contribution in [3.8, 4) is 5.75 Å². The standard InChI is InChI=1S/C17H23F2N5O2.HI/c1-4-20-17(21-10-9-15-22-12(2)23-26-15)24(3)11-13-5-7-14(8-6-13)25-16(18)19;/h5-8,16H,4,9-11H2,1-3H3,(H,20,21);1H. The topological polar surface area (TPSA) is 75.8 Å². The van der Waals surface area contributed by atoms with Crippen molar-refractivity contribution in [3.63, 3.8) is 0 Å². The van der Waals surface area contributed by atoms with Crippen LogP contribution in [0.15, 0.2) is 33.8 Å². The molecular formula is C17H24F2IN5O2. The summed E-state index contributed by atoms with van der Waals surface area (Å²) in [6, 6.07) is 6.55. The lowest BCUT2D eigenvalue weighted by Crippen LogP contribution is -2.38. The summed E-state index contributed by atoms with van der Waals surface area (Å²) < 4.78 is 33.8. The molecule has 0 aliphatic rings. The summed E-state index contributed by atoms with van der Waals surface area (Å²) in [5.41, 5.74) is 0.951. The minimum atomic E-state index is -2.82. The van der Waals surface area contributed by atoms with E-state index < -0.39 is 6.61 Å². The first-order valence-electron chi connectivity index (χ1n) is 8.30. The zero-order chi connectivity index (χ0) is 18.9. The molecule has 1 aromatic carbocycles. The minimum absolute atomic E-state index is 0. The van der Waals surface area contributed by atoms with E-state index in [2.05, 4.69) is 25.2 Å². The van der Waals surface area contributed by atoms with E-state index in [-0.39, 0.29) is 29.7 Å². The molecule has 0 atom stereocenters. The first-order valence-corrected chi connectivity index (χ1v) is 8.30. The number of halogens is 3. The van der Waals surface area contributed by atoms with Gasteiger partial charge in [-0.15, -0.1) is 24.0 Å². The molecule has 0 amide bonds. The first-order chi connectivity index (χ1) is 12.5. The van der Waals surface area contributed by atoms with Crippen molar-refractivity contribution in [2.45, 2.75) is 33.4 Å². The van der Waals surface area contributed by atoms with E-state index >= 15 is 0 Å². The highest BCUT2D eigenvalue weighted by atomic mass is 127. The molecule has 0 saturated carbocycles. The SMILES string of the molecule is CCNC(=NCCc1nc(C)no1)N(C)Cc1ccc(OC(F)F)cc1.I. The van der Waals surface area contributed by atoms with Crippen LogP contribution in [-0.2, 0) is 13.0 Å². The summed E-state index contributed by atoms with van der Waals surface area (Å²) in [4.78, 5) is 10.6. The lowest BCUT2D eigenvalue weighted by molar-refractivity contribution is -0.0498. The summed E-state index contributed by atoms with van der Waals surface area (Å²) in [5.74, 6) is 2.03. The van der Waals surface area contributed by atoms with Gasteiger partial charge >= 0.3 is 6.61 Å². The van der Waals surface area contributed by atoms with Crippen LogP contribution in [0.4, 0.5) is 8.78 Å². The number of nitrogens with one attached hydrogen (secondary N) is 1. The maximum absolute atomic E-state index is 12.2. The molecule has 2 rings (SSSR count). The van der Waals surface area contributed by atoms with Gasteiger partial charge < -0.3 is 19.5 Å². The summed E-state index contributed by atoms with van der Waals surface area (Å²) >= 11 is 0. The Morgan fingerprint density at radius 3 is 2.59 bits per heavy atom. The van der Waals surface area contributed by atoms with Crippen LogP contribution in [-0.4, -0.2) is 47.7 Å². The van der Waals surface area contributed by atoms with Crippen molar-refractivity contribution in [3.05, 3.63) is 41.5 Å². The maximum atomic E-state index is 12.2. The molecule has 2 aromatic rings. The number of hydrogen-bond donors (Lipinski definition) is 1. The second-order valence-electron chi connectivity index (χ2n) is 5.60. The molecule has 0 saturated heterocycles. The summed E-state index contributed by atoms with van der Waals surface area (Å²) in [6.07, 6.45) is 0.559. The van der Waals surface area contributed by atoms with Crippen LogP contribution in [0.5, 0.6) is 5.75 Å². The Labute approximate surface area is 174 Å². The zero-order valence-electron chi connectivity index (χ0n) is 15.5. The number of benzene rings is 1. The maximum Gasteiger partial charge on any atom is 0.387 e. The fraction of sp³-hybridized carbons (Fsp3) is 0.471. The largest absolute Gasteiger partial charge is 0.435 e. The van der Waals surface area contributed by atoms with Gasteiger partial charge in [-0.25, -0.2) is 0 Å². The molecule has 0 radical (unpaired) electrons. The normalized spacial score (nSPS) is 11.3. The average Bonchev–Trinajstić information content (AvgIpc) is 3.00. The van der Waals surface area contributed by atoms with Crippen LogP contribution in [0.3, 0.4) is 0 Å². The molecular weight excluding hydrogens is 471 g/mol. The van der Waals surface area contributed by atoms with Crippen LogP contribution in [0.25, 0.3) is 0 Å². The van der Waals surface area contributed by atoms with Crippen molar-refractivity contribution in [2.75, 3.05) is 20.1 Å². The first kappa shape index (κ1) is 23.1. The summed E-state index contributed by atoms with van der Waals surface area (Å²) in [6.45, 7) is 2.74. The van der Waals surface area contributed by atoms with Crippen molar-refractivity contribution in [2.24, 2.45) is 4.99 Å². The number of alkyl halides is 2. The van der Waals surface area contributed by atoms with E-state index in [1.54, 1.807) is 19.1 Å². The number of aromatic nitrogens is 2. The third-order valence-electron chi connectivity index (χ3n) is 3.42. The quantitative estimate of drug-likeness (QED) is 0.345. The van der Waals surface area contributed by atoms with E-state index in [0.29, 0.717) is 31.2 Å². The van der Waals surface area contributed by atoms with Gasteiger partial charge in [0.15, 0.2) is 11.8 Å². The van der Waals surface area contributed by atoms with E-state index in [1.165, 1.54) is 12.1 Å². The van der Waals surface area contributed by atoms with Crippen LogP contribution in [0, 0.1) is 6.92 Å². The van der Waals surface area contributed by atoms with Gasteiger partial charge in [0.1, 0.15) is 5.75 Å². The molecule has 1 aromatic heterocycles. The van der Waals surface area contributed by atoms with Gasteiger partial charge in [-0.3, -0.25) is 4.99 Å². The lowest BCUT2D eigenvalue weighted by Gasteiger charge is -2.22. The van der Waals surface area contributed by atoms with Crippen LogP contribution in [0.1, 0.15) is 24.2 Å². The van der Waals surface area contributed by atoms with Gasteiger partial charge in [0, 0.05) is 26.6 Å². The Hall–Kier alpha value is -1.98. The second kappa shape index (κ2) is 11.7. The number of nitrogens with zero attached hydrogens (tertiary/aromatic N) is 4. The molecule has 0 spiro atoms. The molecule has 1 heterocycles. The lowest BCUT2D eigenvalue weighted by atomic mass is 10.2. The molecule has 0 bridgehead atoms. The molecule has 0 aliphatic heterocycles. The van der Waals surface area contributed by atoms with Crippen LogP contribution >= 0.6 is 24.0 Å². The van der Waals surface area contributed by atoms with Crippen LogP contribution in [0.2, 0.25) is 0 Å². The number of hydrogen-bond acceptors (Lipinski definition) is 5. The molecule has 0 unspecified atom stereocenters. The molecule has 10 heteroatoms. The highest BCUT2D eigenvalue weighted by Crippen LogP contribution is 2.15. The van der Waals surface area contributed by atoms with E-state index in [4.69, 9.17) is 4.52 Å². The Kier molecular flexibility index (Phi) is 9.97. The molecule has 7 nitrogen and oxygen atoms in total. The fourth-order valence-corrected chi connectivity index (χ4v) is 2.29. The van der Waals surface area contributed by atoms with Gasteiger partial charge in [-0.05, 0) is 31.5 Å². The number of aliphatic imine (C=N–C) groups is 1. The van der Waals surface area contributed by atoms with Crippen molar-refractivity contribution < 1.29 is 18.0 Å². The minimum Gasteiger partial charge on any atom is -0.435 e. The Balaban J connectivity index is 0.00000364. The predicted molar refractivity (Wildman–Crippen MR) is 109 cm³/mol. The summed E-state index contributed by atoms with van der Waals surface area (Å²) in [5, 5.41) is 6.97. The number of guanidine groups is 1. The van der Waals surface area contributed by atoms with Crippen molar-refractivity contribution in [1.29, 1.82) is 0 Å². The summed E-state index contributed by atoms with van der Waals surface area (Å²) in [7, 11) is 1.90. The molecule has 0 fully saturated rings. The van der Waals surface area contributed by atoms with Gasteiger partial charge in [0.05, 0.1) is 6.54 Å². The Bertz CT molecular complexity index is 710. The number of ether oxygens (including phenoxy) is 1. The second-order valence-corrected chi connectivity index (χ2v) is 5.60. The molecule has 1 N–H and O–H groups in total.